The highest BCUT2D eigenvalue weighted by Crippen LogP contribution is 2.34. The van der Waals surface area contributed by atoms with Crippen LogP contribution in [0.25, 0.3) is 0 Å². The molecule has 2 heterocycles. The van der Waals surface area contributed by atoms with Gasteiger partial charge >= 0.3 is 0 Å². The molecule has 156 valence electrons. The smallest absolute Gasteiger partial charge is 0.226 e. The van der Waals surface area contributed by atoms with Crippen molar-refractivity contribution in [1.82, 2.24) is 0 Å². The van der Waals surface area contributed by atoms with Crippen LogP contribution in [0.3, 0.4) is 0 Å². The maximum Gasteiger partial charge on any atom is 0.226 e. The molecule has 0 fully saturated rings. The second-order valence-corrected chi connectivity index (χ2v) is 8.08. The third-order valence-corrected chi connectivity index (χ3v) is 5.89. The highest BCUT2D eigenvalue weighted by atomic mass is 32.2. The predicted molar refractivity (Wildman–Crippen MR) is 120 cm³/mol. The van der Waals surface area contributed by atoms with Crippen LogP contribution in [0.2, 0.25) is 0 Å². The molecule has 0 radical (unpaired) electrons. The van der Waals surface area contributed by atoms with Crippen molar-refractivity contribution >= 4 is 34.6 Å². The number of furan rings is 1. The molecule has 1 aliphatic heterocycles. The van der Waals surface area contributed by atoms with Crippen LogP contribution in [0, 0.1) is 0 Å². The first-order chi connectivity index (χ1) is 14.7. The quantitative estimate of drug-likeness (QED) is 0.510. The Hall–Kier alpha value is -3.10. The lowest BCUT2D eigenvalue weighted by Gasteiger charge is -2.29. The van der Waals surface area contributed by atoms with Gasteiger partial charge in [0.1, 0.15) is 29.2 Å². The number of anilines is 2. The molecule has 0 aliphatic carbocycles. The third-order valence-electron chi connectivity index (χ3n) is 4.77. The number of unbranched alkanes of at least 4 members (excludes halogenated alkanes) is 1. The minimum atomic E-state index is -1.38. The number of fused-ring (bicyclic) bond motifs is 1. The number of aliphatic imine (C=N–C) groups is 1. The normalized spacial score (nSPS) is 16.2. The summed E-state index contributed by atoms with van der Waals surface area (Å²) < 4.78 is 26.6. The Kier molecular flexibility index (Phi) is 6.15. The molecule has 1 aliphatic rings. The van der Waals surface area contributed by atoms with Crippen molar-refractivity contribution in [3.63, 3.8) is 0 Å². The molecular weight excluding hydrogens is 400 g/mol. The van der Waals surface area contributed by atoms with Crippen molar-refractivity contribution in [3.05, 3.63) is 66.4 Å². The van der Waals surface area contributed by atoms with E-state index < -0.39 is 11.0 Å². The highest BCUT2D eigenvalue weighted by molar-refractivity contribution is 7.86. The molecule has 2 aromatic carbocycles. The Morgan fingerprint density at radius 1 is 1.17 bits per heavy atom. The van der Waals surface area contributed by atoms with Gasteiger partial charge in [-0.3, -0.25) is 0 Å². The molecule has 0 amide bonds. The van der Waals surface area contributed by atoms with Crippen LogP contribution < -0.4 is 20.1 Å². The lowest BCUT2D eigenvalue weighted by atomic mass is 10.2. The SMILES string of the molecule is CCCCOc1ccc(S(=O)Nc2ccc(N3C=Nc4occc4C3N)cc2)cc1. The molecule has 0 bridgehead atoms. The average Bonchev–Trinajstić information content (AvgIpc) is 3.25. The van der Waals surface area contributed by atoms with Gasteiger partial charge in [0.25, 0.3) is 0 Å². The van der Waals surface area contributed by atoms with Gasteiger partial charge in [-0.15, -0.1) is 0 Å². The summed E-state index contributed by atoms with van der Waals surface area (Å²) in [5.41, 5.74) is 8.77. The van der Waals surface area contributed by atoms with E-state index in [1.54, 1.807) is 12.6 Å². The van der Waals surface area contributed by atoms with E-state index in [2.05, 4.69) is 16.6 Å². The number of nitrogens with two attached hydrogens (primary N) is 1. The van der Waals surface area contributed by atoms with Gasteiger partial charge in [0, 0.05) is 11.4 Å². The number of benzene rings is 2. The Morgan fingerprint density at radius 3 is 2.67 bits per heavy atom. The molecule has 1 aromatic heterocycles. The van der Waals surface area contributed by atoms with Crippen LogP contribution in [0.5, 0.6) is 5.75 Å². The molecule has 2 atom stereocenters. The minimum Gasteiger partial charge on any atom is -0.494 e. The first-order valence-corrected chi connectivity index (χ1v) is 11.0. The van der Waals surface area contributed by atoms with E-state index in [0.717, 1.165) is 35.5 Å². The number of ether oxygens (including phenoxy) is 1. The van der Waals surface area contributed by atoms with E-state index >= 15 is 0 Å². The number of hydrogen-bond donors (Lipinski definition) is 2. The first-order valence-electron chi connectivity index (χ1n) is 9.82. The van der Waals surface area contributed by atoms with Crippen molar-refractivity contribution in [3.8, 4) is 5.75 Å². The van der Waals surface area contributed by atoms with Gasteiger partial charge in [-0.05, 0) is 61.0 Å². The standard InChI is InChI=1S/C22H24N4O3S/c1-2-3-13-28-18-8-10-19(11-9-18)30(27)25-16-4-6-17(7-5-16)26-15-24-22-20(21(26)23)12-14-29-22/h4-12,14-15,21,25H,2-3,13,23H2,1H3. The summed E-state index contributed by atoms with van der Waals surface area (Å²) in [6, 6.07) is 16.7. The molecule has 3 aromatic rings. The van der Waals surface area contributed by atoms with E-state index in [1.807, 2.05) is 59.5 Å². The zero-order chi connectivity index (χ0) is 20.9. The summed E-state index contributed by atoms with van der Waals surface area (Å²) in [5, 5.41) is 0. The fourth-order valence-electron chi connectivity index (χ4n) is 3.07. The van der Waals surface area contributed by atoms with E-state index in [9.17, 15) is 4.21 Å². The summed E-state index contributed by atoms with van der Waals surface area (Å²) in [5.74, 6) is 1.32. The Balaban J connectivity index is 1.38. The van der Waals surface area contributed by atoms with Crippen molar-refractivity contribution in [2.75, 3.05) is 16.2 Å². The second-order valence-electron chi connectivity index (χ2n) is 6.87. The minimum absolute atomic E-state index is 0.373. The summed E-state index contributed by atoms with van der Waals surface area (Å²) in [4.78, 5) is 6.82. The van der Waals surface area contributed by atoms with Crippen molar-refractivity contribution in [1.29, 1.82) is 0 Å². The Morgan fingerprint density at radius 2 is 1.93 bits per heavy atom. The number of nitrogens with one attached hydrogen (secondary N) is 1. The lowest BCUT2D eigenvalue weighted by Crippen LogP contribution is -2.35. The van der Waals surface area contributed by atoms with Crippen LogP contribution in [0.15, 0.2) is 75.2 Å². The number of hydrogen-bond acceptors (Lipinski definition) is 6. The van der Waals surface area contributed by atoms with E-state index in [4.69, 9.17) is 14.9 Å². The summed E-state index contributed by atoms with van der Waals surface area (Å²) in [6.07, 6.45) is 4.97. The van der Waals surface area contributed by atoms with Crippen LogP contribution in [-0.2, 0) is 11.0 Å². The molecule has 30 heavy (non-hydrogen) atoms. The van der Waals surface area contributed by atoms with Gasteiger partial charge in [0.05, 0.1) is 23.3 Å². The molecule has 0 spiro atoms. The number of nitrogens with zero attached hydrogens (tertiary/aromatic N) is 2. The zero-order valence-electron chi connectivity index (χ0n) is 16.7. The summed E-state index contributed by atoms with van der Waals surface area (Å²) in [7, 11) is -1.38. The van der Waals surface area contributed by atoms with Gasteiger partial charge < -0.3 is 24.5 Å². The topological polar surface area (TPSA) is 93.1 Å². The zero-order valence-corrected chi connectivity index (χ0v) is 17.5. The van der Waals surface area contributed by atoms with Crippen LogP contribution in [0.4, 0.5) is 17.3 Å². The highest BCUT2D eigenvalue weighted by Gasteiger charge is 2.24. The molecule has 4 rings (SSSR count). The van der Waals surface area contributed by atoms with Gasteiger partial charge in [0.2, 0.25) is 5.88 Å². The maximum absolute atomic E-state index is 12.6. The Labute approximate surface area is 178 Å². The van der Waals surface area contributed by atoms with Gasteiger partial charge in [0.15, 0.2) is 0 Å². The molecule has 2 unspecified atom stereocenters. The molecule has 7 nitrogen and oxygen atoms in total. The van der Waals surface area contributed by atoms with Gasteiger partial charge in [-0.25, -0.2) is 9.20 Å². The van der Waals surface area contributed by atoms with Crippen LogP contribution >= 0.6 is 0 Å². The van der Waals surface area contributed by atoms with Crippen LogP contribution in [0.1, 0.15) is 31.5 Å². The van der Waals surface area contributed by atoms with Gasteiger partial charge in [-0.1, -0.05) is 13.3 Å². The number of rotatable bonds is 8. The van der Waals surface area contributed by atoms with Crippen LogP contribution in [-0.4, -0.2) is 17.2 Å². The molecule has 0 saturated heterocycles. The first kappa shape index (κ1) is 20.2. The maximum atomic E-state index is 12.6. The van der Waals surface area contributed by atoms with Gasteiger partial charge in [-0.2, -0.15) is 0 Å². The lowest BCUT2D eigenvalue weighted by molar-refractivity contribution is 0.309. The van der Waals surface area contributed by atoms with E-state index in [1.165, 1.54) is 0 Å². The monoisotopic (exact) mass is 424 g/mol. The summed E-state index contributed by atoms with van der Waals surface area (Å²) in [6.45, 7) is 2.81. The van der Waals surface area contributed by atoms with Crippen molar-refractivity contribution < 1.29 is 13.4 Å². The third kappa shape index (κ3) is 4.39. The average molecular weight is 425 g/mol. The molecule has 3 N–H and O–H groups in total. The fourth-order valence-corrected chi connectivity index (χ4v) is 3.92. The molecular formula is C22H24N4O3S. The summed E-state index contributed by atoms with van der Waals surface area (Å²) >= 11 is 0. The van der Waals surface area contributed by atoms with E-state index in [0.29, 0.717) is 17.4 Å². The van der Waals surface area contributed by atoms with Crippen molar-refractivity contribution in [2.24, 2.45) is 10.7 Å². The Bertz CT molecular complexity index is 1030. The van der Waals surface area contributed by atoms with E-state index in [-0.39, 0.29) is 6.17 Å². The second kappa shape index (κ2) is 9.15. The fraction of sp³-hybridized carbons (Fsp3) is 0.227. The predicted octanol–water partition coefficient (Wildman–Crippen LogP) is 4.73. The largest absolute Gasteiger partial charge is 0.494 e. The van der Waals surface area contributed by atoms with Crippen molar-refractivity contribution in [2.45, 2.75) is 30.8 Å². The molecule has 0 saturated carbocycles. The molecule has 8 heteroatoms.